The molecule has 0 saturated carbocycles. The molecule has 2 amide bonds. The van der Waals surface area contributed by atoms with Crippen LogP contribution in [0.2, 0.25) is 0 Å². The SMILES string of the molecule is CC(C)(C)OC(=O)NCCCCCN1CC(CS)CC1=O. The number of nitrogens with zero attached hydrogens (tertiary/aromatic N) is 1. The smallest absolute Gasteiger partial charge is 0.407 e. The van der Waals surface area contributed by atoms with Gasteiger partial charge in [0.15, 0.2) is 0 Å². The minimum Gasteiger partial charge on any atom is -0.444 e. The van der Waals surface area contributed by atoms with Crippen LogP contribution in [-0.2, 0) is 9.53 Å². The standard InChI is InChI=1S/C15H28N2O3S/c1-15(2,3)20-14(19)16-7-5-4-6-8-17-10-12(11-21)9-13(17)18/h12,21H,4-11H2,1-3H3,(H,16,19). The number of unbranched alkanes of at least 4 members (excludes halogenated alkanes) is 2. The number of hydrogen-bond acceptors (Lipinski definition) is 4. The average Bonchev–Trinajstić information content (AvgIpc) is 2.72. The van der Waals surface area contributed by atoms with Crippen LogP contribution in [0.15, 0.2) is 0 Å². The van der Waals surface area contributed by atoms with E-state index >= 15 is 0 Å². The third kappa shape index (κ3) is 7.60. The quantitative estimate of drug-likeness (QED) is 0.560. The molecule has 1 rings (SSSR count). The van der Waals surface area contributed by atoms with Gasteiger partial charge in [-0.3, -0.25) is 4.79 Å². The fourth-order valence-electron chi connectivity index (χ4n) is 2.30. The van der Waals surface area contributed by atoms with Crippen molar-refractivity contribution in [1.29, 1.82) is 0 Å². The first-order valence-electron chi connectivity index (χ1n) is 7.67. The van der Waals surface area contributed by atoms with Crippen LogP contribution >= 0.6 is 12.6 Å². The Hall–Kier alpha value is -0.910. The predicted molar refractivity (Wildman–Crippen MR) is 86.6 cm³/mol. The summed E-state index contributed by atoms with van der Waals surface area (Å²) in [5, 5.41) is 2.74. The number of thiol groups is 1. The van der Waals surface area contributed by atoms with Crippen LogP contribution in [0.1, 0.15) is 46.5 Å². The van der Waals surface area contributed by atoms with Crippen molar-refractivity contribution in [2.24, 2.45) is 5.92 Å². The molecule has 1 saturated heterocycles. The van der Waals surface area contributed by atoms with E-state index in [0.717, 1.165) is 38.1 Å². The fourth-order valence-corrected chi connectivity index (χ4v) is 2.55. The second-order valence-corrected chi connectivity index (χ2v) is 6.95. The zero-order valence-corrected chi connectivity index (χ0v) is 14.2. The largest absolute Gasteiger partial charge is 0.444 e. The first-order chi connectivity index (χ1) is 9.81. The van der Waals surface area contributed by atoms with Gasteiger partial charge in [0.1, 0.15) is 5.60 Å². The van der Waals surface area contributed by atoms with Crippen molar-refractivity contribution in [3.8, 4) is 0 Å². The number of hydrogen-bond donors (Lipinski definition) is 2. The zero-order valence-electron chi connectivity index (χ0n) is 13.4. The Kier molecular flexibility index (Phi) is 7.35. The molecule has 1 unspecified atom stereocenters. The van der Waals surface area contributed by atoms with Gasteiger partial charge in [-0.2, -0.15) is 12.6 Å². The number of alkyl carbamates (subject to hydrolysis) is 1. The van der Waals surface area contributed by atoms with Crippen LogP contribution in [0.4, 0.5) is 4.79 Å². The van der Waals surface area contributed by atoms with Gasteiger partial charge in [-0.1, -0.05) is 0 Å². The number of likely N-dealkylation sites (tertiary alicyclic amines) is 1. The molecule has 1 N–H and O–H groups in total. The van der Waals surface area contributed by atoms with E-state index in [1.54, 1.807) is 0 Å². The highest BCUT2D eigenvalue weighted by molar-refractivity contribution is 7.80. The first kappa shape index (κ1) is 18.1. The van der Waals surface area contributed by atoms with E-state index in [1.165, 1.54) is 0 Å². The summed E-state index contributed by atoms with van der Waals surface area (Å²) < 4.78 is 5.15. The molecule has 1 heterocycles. The van der Waals surface area contributed by atoms with E-state index in [-0.39, 0.29) is 12.0 Å². The highest BCUT2D eigenvalue weighted by atomic mass is 32.1. The molecule has 1 aliphatic rings. The number of amides is 2. The maximum Gasteiger partial charge on any atom is 0.407 e. The van der Waals surface area contributed by atoms with Gasteiger partial charge in [0.2, 0.25) is 5.91 Å². The summed E-state index contributed by atoms with van der Waals surface area (Å²) in [6.07, 6.45) is 3.14. The lowest BCUT2D eigenvalue weighted by atomic mass is 10.1. The van der Waals surface area contributed by atoms with Crippen molar-refractivity contribution in [3.05, 3.63) is 0 Å². The summed E-state index contributed by atoms with van der Waals surface area (Å²) in [5.41, 5.74) is -0.455. The van der Waals surface area contributed by atoms with E-state index in [4.69, 9.17) is 4.74 Å². The third-order valence-corrected chi connectivity index (χ3v) is 3.84. The molecular formula is C15H28N2O3S. The maximum atomic E-state index is 11.7. The minimum atomic E-state index is -0.455. The number of carbonyl (C=O) groups excluding carboxylic acids is 2. The Labute approximate surface area is 133 Å². The Morgan fingerprint density at radius 1 is 1.38 bits per heavy atom. The summed E-state index contributed by atoms with van der Waals surface area (Å²) in [5.74, 6) is 1.44. The third-order valence-electron chi connectivity index (χ3n) is 3.33. The van der Waals surface area contributed by atoms with E-state index in [0.29, 0.717) is 18.9 Å². The molecule has 0 aromatic rings. The van der Waals surface area contributed by atoms with Gasteiger partial charge < -0.3 is 15.0 Å². The number of rotatable bonds is 7. The van der Waals surface area contributed by atoms with Crippen molar-refractivity contribution >= 4 is 24.6 Å². The van der Waals surface area contributed by atoms with Crippen LogP contribution in [0.25, 0.3) is 0 Å². The molecular weight excluding hydrogens is 288 g/mol. The summed E-state index contributed by atoms with van der Waals surface area (Å²) in [4.78, 5) is 25.1. The summed E-state index contributed by atoms with van der Waals surface area (Å²) >= 11 is 4.25. The monoisotopic (exact) mass is 316 g/mol. The second kappa shape index (κ2) is 8.51. The molecule has 1 atom stereocenters. The normalized spacial score (nSPS) is 19.0. The molecule has 0 aromatic heterocycles. The second-order valence-electron chi connectivity index (χ2n) is 6.58. The van der Waals surface area contributed by atoms with E-state index < -0.39 is 5.60 Å². The number of ether oxygens (including phenoxy) is 1. The molecule has 122 valence electrons. The average molecular weight is 316 g/mol. The molecule has 1 fully saturated rings. The van der Waals surface area contributed by atoms with Crippen LogP contribution in [0.5, 0.6) is 0 Å². The molecule has 1 aliphatic heterocycles. The Morgan fingerprint density at radius 3 is 2.67 bits per heavy atom. The van der Waals surface area contributed by atoms with Crippen LogP contribution in [0, 0.1) is 5.92 Å². The molecule has 0 aliphatic carbocycles. The van der Waals surface area contributed by atoms with Gasteiger partial charge in [-0.25, -0.2) is 4.79 Å². The summed E-state index contributed by atoms with van der Waals surface area (Å²) in [7, 11) is 0. The molecule has 6 heteroatoms. The zero-order chi connectivity index (χ0) is 15.9. The topological polar surface area (TPSA) is 58.6 Å². The van der Waals surface area contributed by atoms with E-state index in [1.807, 2.05) is 25.7 Å². The fraction of sp³-hybridized carbons (Fsp3) is 0.867. The minimum absolute atomic E-state index is 0.251. The lowest BCUT2D eigenvalue weighted by Crippen LogP contribution is -2.33. The maximum absolute atomic E-state index is 11.7. The van der Waals surface area contributed by atoms with Gasteiger partial charge >= 0.3 is 6.09 Å². The van der Waals surface area contributed by atoms with Crippen LogP contribution in [-0.4, -0.2) is 47.9 Å². The lowest BCUT2D eigenvalue weighted by Gasteiger charge is -2.19. The molecule has 0 aromatic carbocycles. The predicted octanol–water partition coefficient (Wildman–Crippen LogP) is 2.46. The van der Waals surface area contributed by atoms with Gasteiger partial charge in [0.25, 0.3) is 0 Å². The van der Waals surface area contributed by atoms with Crippen molar-refractivity contribution in [3.63, 3.8) is 0 Å². The lowest BCUT2D eigenvalue weighted by molar-refractivity contribution is -0.127. The molecule has 5 nitrogen and oxygen atoms in total. The van der Waals surface area contributed by atoms with Gasteiger partial charge in [-0.05, 0) is 51.7 Å². The molecule has 0 spiro atoms. The van der Waals surface area contributed by atoms with Crippen molar-refractivity contribution in [2.45, 2.75) is 52.1 Å². The van der Waals surface area contributed by atoms with Gasteiger partial charge in [0, 0.05) is 26.1 Å². The van der Waals surface area contributed by atoms with Crippen molar-refractivity contribution < 1.29 is 14.3 Å². The highest BCUT2D eigenvalue weighted by Gasteiger charge is 2.27. The Bertz CT molecular complexity index is 355. The molecule has 0 radical (unpaired) electrons. The van der Waals surface area contributed by atoms with Gasteiger partial charge in [0.05, 0.1) is 0 Å². The van der Waals surface area contributed by atoms with E-state index in [2.05, 4.69) is 17.9 Å². The van der Waals surface area contributed by atoms with E-state index in [9.17, 15) is 9.59 Å². The molecule has 0 bridgehead atoms. The first-order valence-corrected chi connectivity index (χ1v) is 8.30. The molecule has 21 heavy (non-hydrogen) atoms. The summed E-state index contributed by atoms with van der Waals surface area (Å²) in [6.45, 7) is 7.81. The summed E-state index contributed by atoms with van der Waals surface area (Å²) in [6, 6.07) is 0. The van der Waals surface area contributed by atoms with Gasteiger partial charge in [-0.15, -0.1) is 0 Å². The Balaban J connectivity index is 2.03. The number of carbonyl (C=O) groups is 2. The van der Waals surface area contributed by atoms with Crippen LogP contribution < -0.4 is 5.32 Å². The Morgan fingerprint density at radius 2 is 2.10 bits per heavy atom. The number of nitrogens with one attached hydrogen (secondary N) is 1. The van der Waals surface area contributed by atoms with Crippen LogP contribution in [0.3, 0.4) is 0 Å². The van der Waals surface area contributed by atoms with Crippen molar-refractivity contribution in [1.82, 2.24) is 10.2 Å². The van der Waals surface area contributed by atoms with Crippen molar-refractivity contribution in [2.75, 3.05) is 25.4 Å². The highest BCUT2D eigenvalue weighted by Crippen LogP contribution is 2.19.